The average molecular weight is 552 g/mol. The lowest BCUT2D eigenvalue weighted by Crippen LogP contribution is -2.45. The van der Waals surface area contributed by atoms with Crippen LogP contribution in [0.25, 0.3) is 22.4 Å². The highest BCUT2D eigenvalue weighted by Gasteiger charge is 2.28. The largest absolute Gasteiger partial charge is 0.340 e. The van der Waals surface area contributed by atoms with Crippen LogP contribution >= 0.6 is 11.3 Å². The smallest absolute Gasteiger partial charge is 0.253 e. The summed E-state index contributed by atoms with van der Waals surface area (Å²) in [5.74, 6) is -0.938. The number of aromatic nitrogens is 3. The van der Waals surface area contributed by atoms with Crippen molar-refractivity contribution in [3.8, 4) is 22.4 Å². The Bertz CT molecular complexity index is 1550. The van der Waals surface area contributed by atoms with E-state index in [1.165, 1.54) is 29.8 Å². The predicted octanol–water partition coefficient (Wildman–Crippen LogP) is 4.65. The maximum absolute atomic E-state index is 13.2. The fraction of sp³-hybridized carbons (Fsp3) is 0.259. The quantitative estimate of drug-likeness (QED) is 0.329. The lowest BCUT2D eigenvalue weighted by Gasteiger charge is -2.25. The summed E-state index contributed by atoms with van der Waals surface area (Å²) < 4.78 is 24.4. The third-order valence-corrected chi connectivity index (χ3v) is 7.41. The summed E-state index contributed by atoms with van der Waals surface area (Å²) in [7, 11) is -3.52. The molecule has 0 saturated carbocycles. The molecule has 0 radical (unpaired) electrons. The maximum Gasteiger partial charge on any atom is 0.253 e. The summed E-state index contributed by atoms with van der Waals surface area (Å²) in [6.07, 6.45) is 7.42. The van der Waals surface area contributed by atoms with E-state index in [1.807, 2.05) is 62.5 Å². The van der Waals surface area contributed by atoms with Gasteiger partial charge in [-0.05, 0) is 47.2 Å². The van der Waals surface area contributed by atoms with Crippen LogP contribution in [0.3, 0.4) is 0 Å². The molecule has 4 rings (SSSR count). The highest BCUT2D eigenvalue weighted by atomic mass is 32.2. The summed E-state index contributed by atoms with van der Waals surface area (Å²) >= 11 is 1.30. The predicted molar refractivity (Wildman–Crippen MR) is 149 cm³/mol. The van der Waals surface area contributed by atoms with Gasteiger partial charge in [0.1, 0.15) is 6.04 Å². The van der Waals surface area contributed by atoms with Crippen LogP contribution in [0, 0.1) is 5.41 Å². The first-order chi connectivity index (χ1) is 17.9. The maximum atomic E-state index is 13.2. The molecule has 1 unspecified atom stereocenters. The molecule has 1 aromatic carbocycles. The SMILES string of the molecule is CC(C)(C)CC(NC(=O)c1ccn(S(C)(=O)=O)c1)C(=O)Nc1nc(-c2cccc(-c3ccncc3)c2)cs1. The van der Waals surface area contributed by atoms with Crippen molar-refractivity contribution in [3.63, 3.8) is 0 Å². The van der Waals surface area contributed by atoms with Gasteiger partial charge in [-0.15, -0.1) is 11.3 Å². The molecule has 1 atom stereocenters. The number of hydrogen-bond acceptors (Lipinski definition) is 7. The number of benzene rings is 1. The van der Waals surface area contributed by atoms with E-state index in [-0.39, 0.29) is 11.0 Å². The van der Waals surface area contributed by atoms with E-state index in [9.17, 15) is 18.0 Å². The van der Waals surface area contributed by atoms with Crippen LogP contribution in [0.15, 0.2) is 72.6 Å². The molecule has 4 aromatic rings. The van der Waals surface area contributed by atoms with Gasteiger partial charge in [0, 0.05) is 35.7 Å². The molecule has 2 amide bonds. The number of thiazole rings is 1. The molecule has 0 fully saturated rings. The number of rotatable bonds is 8. The van der Waals surface area contributed by atoms with Gasteiger partial charge in [0.15, 0.2) is 5.13 Å². The first-order valence-corrected chi connectivity index (χ1v) is 14.6. The molecule has 0 bridgehead atoms. The zero-order valence-corrected chi connectivity index (χ0v) is 23.1. The topological polar surface area (TPSA) is 123 Å². The van der Waals surface area contributed by atoms with Crippen molar-refractivity contribution < 1.29 is 18.0 Å². The second-order valence-corrected chi connectivity index (χ2v) is 12.9. The number of pyridine rings is 1. The minimum atomic E-state index is -3.52. The van der Waals surface area contributed by atoms with Crippen LogP contribution in [0.4, 0.5) is 5.13 Å². The van der Waals surface area contributed by atoms with Crippen molar-refractivity contribution in [1.29, 1.82) is 0 Å². The molecule has 0 saturated heterocycles. The van der Waals surface area contributed by atoms with Crippen LogP contribution in [0.5, 0.6) is 0 Å². The third-order valence-electron chi connectivity index (χ3n) is 5.66. The fourth-order valence-electron chi connectivity index (χ4n) is 3.84. The molecule has 0 aliphatic rings. The molecule has 0 aliphatic carbocycles. The Morgan fingerprint density at radius 2 is 1.76 bits per heavy atom. The average Bonchev–Trinajstić information content (AvgIpc) is 3.54. The molecule has 11 heteroatoms. The summed E-state index contributed by atoms with van der Waals surface area (Å²) in [5.41, 5.74) is 3.58. The van der Waals surface area contributed by atoms with Gasteiger partial charge in [0.05, 0.1) is 17.5 Å². The van der Waals surface area contributed by atoms with Gasteiger partial charge >= 0.3 is 0 Å². The van der Waals surface area contributed by atoms with E-state index >= 15 is 0 Å². The number of carbonyl (C=O) groups excluding carboxylic acids is 2. The van der Waals surface area contributed by atoms with Crippen molar-refractivity contribution in [3.05, 3.63) is 78.2 Å². The van der Waals surface area contributed by atoms with Gasteiger partial charge in [-0.1, -0.05) is 39.0 Å². The standard InChI is InChI=1S/C27H29N5O4S2/c1-27(2,3)15-22(29-24(33)21-10-13-32(16-21)38(4,35)36)25(34)31-26-30-23(17-37-26)20-7-5-6-19(14-20)18-8-11-28-12-9-18/h5-14,16-17,22H,15H2,1-4H3,(H,29,33)(H,30,31,34). The Balaban J connectivity index is 1.50. The minimum absolute atomic E-state index is 0.146. The molecule has 3 aromatic heterocycles. The van der Waals surface area contributed by atoms with E-state index < -0.39 is 27.9 Å². The first kappa shape index (κ1) is 27.2. The van der Waals surface area contributed by atoms with Crippen molar-refractivity contribution in [2.45, 2.75) is 33.2 Å². The highest BCUT2D eigenvalue weighted by molar-refractivity contribution is 7.89. The van der Waals surface area contributed by atoms with E-state index in [0.29, 0.717) is 11.6 Å². The van der Waals surface area contributed by atoms with Gasteiger partial charge in [0.25, 0.3) is 5.91 Å². The lowest BCUT2D eigenvalue weighted by atomic mass is 9.87. The van der Waals surface area contributed by atoms with Crippen LogP contribution < -0.4 is 10.6 Å². The molecular formula is C27H29N5O4S2. The van der Waals surface area contributed by atoms with Gasteiger partial charge in [-0.3, -0.25) is 18.5 Å². The Morgan fingerprint density at radius 1 is 1.05 bits per heavy atom. The van der Waals surface area contributed by atoms with Crippen LogP contribution in [-0.2, 0) is 14.8 Å². The lowest BCUT2D eigenvalue weighted by molar-refractivity contribution is -0.118. The van der Waals surface area contributed by atoms with Crippen LogP contribution in [0.2, 0.25) is 0 Å². The minimum Gasteiger partial charge on any atom is -0.340 e. The Hall–Kier alpha value is -3.83. The van der Waals surface area contributed by atoms with Crippen molar-refractivity contribution in [2.75, 3.05) is 11.6 Å². The molecule has 198 valence electrons. The van der Waals surface area contributed by atoms with Gasteiger partial charge in [-0.2, -0.15) is 0 Å². The summed E-state index contributed by atoms with van der Waals surface area (Å²) in [5, 5.41) is 7.86. The zero-order chi connectivity index (χ0) is 27.5. The number of nitrogens with zero attached hydrogens (tertiary/aromatic N) is 3. The number of anilines is 1. The summed E-state index contributed by atoms with van der Waals surface area (Å²) in [4.78, 5) is 34.8. The molecule has 2 N–H and O–H groups in total. The summed E-state index contributed by atoms with van der Waals surface area (Å²) in [6.45, 7) is 5.91. The molecule has 3 heterocycles. The van der Waals surface area contributed by atoms with E-state index in [0.717, 1.165) is 32.6 Å². The number of amides is 2. The van der Waals surface area contributed by atoms with Crippen molar-refractivity contribution in [1.82, 2.24) is 19.3 Å². The molecule has 9 nitrogen and oxygen atoms in total. The molecular weight excluding hydrogens is 522 g/mol. The van der Waals surface area contributed by atoms with Crippen LogP contribution in [-0.4, -0.2) is 46.5 Å². The fourth-order valence-corrected chi connectivity index (χ4v) is 5.15. The van der Waals surface area contributed by atoms with Gasteiger partial charge in [0.2, 0.25) is 15.9 Å². The van der Waals surface area contributed by atoms with Crippen molar-refractivity contribution >= 4 is 38.3 Å². The van der Waals surface area contributed by atoms with Gasteiger partial charge < -0.3 is 10.6 Å². The molecule has 0 aliphatic heterocycles. The third kappa shape index (κ3) is 6.93. The highest BCUT2D eigenvalue weighted by Crippen LogP contribution is 2.29. The Labute approximate surface area is 226 Å². The van der Waals surface area contributed by atoms with Crippen molar-refractivity contribution in [2.24, 2.45) is 5.41 Å². The Morgan fingerprint density at radius 3 is 2.42 bits per heavy atom. The Kier molecular flexibility index (Phi) is 7.79. The first-order valence-electron chi connectivity index (χ1n) is 11.9. The number of hydrogen-bond donors (Lipinski definition) is 2. The van der Waals surface area contributed by atoms with E-state index in [4.69, 9.17) is 0 Å². The van der Waals surface area contributed by atoms with E-state index in [2.05, 4.69) is 20.6 Å². The van der Waals surface area contributed by atoms with Gasteiger partial charge in [-0.25, -0.2) is 13.4 Å². The number of nitrogens with one attached hydrogen (secondary N) is 2. The van der Waals surface area contributed by atoms with E-state index in [1.54, 1.807) is 12.4 Å². The second-order valence-electron chi connectivity index (χ2n) is 10.1. The van der Waals surface area contributed by atoms with Crippen LogP contribution in [0.1, 0.15) is 37.6 Å². The zero-order valence-electron chi connectivity index (χ0n) is 21.5. The molecule has 38 heavy (non-hydrogen) atoms. The monoisotopic (exact) mass is 551 g/mol. The normalized spacial score (nSPS) is 12.6. The number of carbonyl (C=O) groups is 2. The molecule has 0 spiro atoms. The second kappa shape index (κ2) is 10.9. The summed E-state index contributed by atoms with van der Waals surface area (Å²) in [6, 6.07) is 12.4.